The van der Waals surface area contributed by atoms with Crippen molar-refractivity contribution in [2.24, 2.45) is 11.3 Å². The summed E-state index contributed by atoms with van der Waals surface area (Å²) in [6.45, 7) is 0. The van der Waals surface area contributed by atoms with Crippen molar-refractivity contribution in [3.63, 3.8) is 0 Å². The lowest BCUT2D eigenvalue weighted by atomic mass is 9.52. The number of carbonyl (C=O) groups excluding carboxylic acids is 1. The van der Waals surface area contributed by atoms with Crippen molar-refractivity contribution in [2.75, 3.05) is 5.32 Å². The Kier molecular flexibility index (Phi) is 6.50. The number of fused-ring (bicyclic) bond motifs is 3. The number of amides is 1. The highest BCUT2D eigenvalue weighted by Crippen LogP contribution is 2.59. The number of benzene rings is 1. The molecule has 8 rings (SSSR count). The lowest BCUT2D eigenvalue weighted by molar-refractivity contribution is -0.120. The third kappa shape index (κ3) is 4.75. The first kappa shape index (κ1) is 25.8. The van der Waals surface area contributed by atoms with E-state index in [9.17, 15) is 13.6 Å². The number of rotatable bonds is 8. The second kappa shape index (κ2) is 10.1. The van der Waals surface area contributed by atoms with Crippen LogP contribution >= 0.6 is 0 Å². The van der Waals surface area contributed by atoms with Crippen LogP contribution in [0.3, 0.4) is 0 Å². The third-order valence-electron chi connectivity index (χ3n) is 10.2. The third-order valence-corrected chi connectivity index (χ3v) is 10.2. The highest BCUT2D eigenvalue weighted by molar-refractivity contribution is 5.94. The standard InChI is InChI=1S/C31H36F2N4O3/c32-25(33)24-18-39-28(35-24)21-7-4-8-23(34-27(38)20-5-2-1-3-6-20)22(21)17-30-11-14-31(15-12-30,16-13-30)29-36-26(37-40-29)19-9-10-19/h4,7-8,18-20,25H,1-3,5-6,9-17H2,(H,34,38). The van der Waals surface area contributed by atoms with Crippen molar-refractivity contribution in [3.8, 4) is 11.5 Å². The predicted molar refractivity (Wildman–Crippen MR) is 144 cm³/mol. The van der Waals surface area contributed by atoms with E-state index < -0.39 is 6.43 Å². The molecule has 1 aromatic carbocycles. The lowest BCUT2D eigenvalue weighted by Crippen LogP contribution is -2.45. The van der Waals surface area contributed by atoms with Crippen LogP contribution in [0.15, 0.2) is 33.4 Å². The molecule has 5 aliphatic rings. The number of hydrogen-bond acceptors (Lipinski definition) is 6. The van der Waals surface area contributed by atoms with Gasteiger partial charge in [-0.2, -0.15) is 4.98 Å². The number of carbonyl (C=O) groups is 1. The molecule has 0 atom stereocenters. The second-order valence-electron chi connectivity index (χ2n) is 12.7. The highest BCUT2D eigenvalue weighted by atomic mass is 19.3. The van der Waals surface area contributed by atoms with Gasteiger partial charge in [0.25, 0.3) is 6.43 Å². The molecule has 5 saturated carbocycles. The minimum atomic E-state index is -2.70. The molecule has 5 aliphatic carbocycles. The summed E-state index contributed by atoms with van der Waals surface area (Å²) in [7, 11) is 0. The number of halogens is 2. The van der Waals surface area contributed by atoms with Crippen LogP contribution in [0.4, 0.5) is 14.5 Å². The zero-order chi connectivity index (χ0) is 27.3. The van der Waals surface area contributed by atoms with E-state index in [0.29, 0.717) is 11.5 Å². The molecule has 9 heteroatoms. The quantitative estimate of drug-likeness (QED) is 0.306. The van der Waals surface area contributed by atoms with Crippen LogP contribution < -0.4 is 5.32 Å². The molecule has 212 valence electrons. The number of hydrogen-bond donors (Lipinski definition) is 1. The average Bonchev–Trinajstić information content (AvgIpc) is 3.49. The minimum absolute atomic E-state index is 0.00973. The van der Waals surface area contributed by atoms with Crippen molar-refractivity contribution in [1.82, 2.24) is 15.1 Å². The van der Waals surface area contributed by atoms with Crippen LogP contribution in [0.2, 0.25) is 0 Å². The molecule has 40 heavy (non-hydrogen) atoms. The first-order valence-electron chi connectivity index (χ1n) is 14.9. The van der Waals surface area contributed by atoms with Crippen molar-refractivity contribution in [3.05, 3.63) is 47.4 Å². The number of nitrogens with zero attached hydrogens (tertiary/aromatic N) is 3. The Labute approximate surface area is 232 Å². The number of oxazole rings is 1. The minimum Gasteiger partial charge on any atom is -0.444 e. The van der Waals surface area contributed by atoms with Gasteiger partial charge in [-0.3, -0.25) is 4.79 Å². The molecule has 0 saturated heterocycles. The van der Waals surface area contributed by atoms with Gasteiger partial charge in [0.15, 0.2) is 5.82 Å². The van der Waals surface area contributed by atoms with Crippen LogP contribution in [0.1, 0.15) is 119 Å². The molecule has 5 fully saturated rings. The smallest absolute Gasteiger partial charge is 0.283 e. The maximum Gasteiger partial charge on any atom is 0.283 e. The maximum atomic E-state index is 13.4. The summed E-state index contributed by atoms with van der Waals surface area (Å²) in [6.07, 6.45) is 12.5. The van der Waals surface area contributed by atoms with E-state index in [1.54, 1.807) is 0 Å². The summed E-state index contributed by atoms with van der Waals surface area (Å²) in [4.78, 5) is 22.2. The number of anilines is 1. The number of nitrogens with one attached hydrogen (secondary N) is 1. The summed E-state index contributed by atoms with van der Waals surface area (Å²) >= 11 is 0. The molecule has 0 unspecified atom stereocenters. The average molecular weight is 551 g/mol. The molecule has 0 radical (unpaired) electrons. The fourth-order valence-corrected chi connectivity index (χ4v) is 7.39. The summed E-state index contributed by atoms with van der Waals surface area (Å²) < 4.78 is 38.1. The molecular weight excluding hydrogens is 514 g/mol. The first-order valence-corrected chi connectivity index (χ1v) is 14.9. The summed E-state index contributed by atoms with van der Waals surface area (Å²) in [5, 5.41) is 7.52. The monoisotopic (exact) mass is 550 g/mol. The van der Waals surface area contributed by atoms with Gasteiger partial charge in [-0.1, -0.05) is 30.5 Å². The van der Waals surface area contributed by atoms with Crippen molar-refractivity contribution in [2.45, 2.75) is 108 Å². The van der Waals surface area contributed by atoms with E-state index in [4.69, 9.17) is 13.9 Å². The van der Waals surface area contributed by atoms with Gasteiger partial charge >= 0.3 is 0 Å². The van der Waals surface area contributed by atoms with Crippen LogP contribution in [0, 0.1) is 11.3 Å². The molecule has 1 amide bonds. The lowest BCUT2D eigenvalue weighted by Gasteiger charge is -2.52. The normalized spacial score (nSPS) is 26.9. The molecule has 2 heterocycles. The first-order chi connectivity index (χ1) is 19.4. The van der Waals surface area contributed by atoms with Crippen molar-refractivity contribution < 1.29 is 22.5 Å². The fraction of sp³-hybridized carbons (Fsp3) is 0.613. The maximum absolute atomic E-state index is 13.4. The molecule has 0 aliphatic heterocycles. The van der Waals surface area contributed by atoms with Gasteiger partial charge in [0, 0.05) is 28.5 Å². The zero-order valence-electron chi connectivity index (χ0n) is 22.8. The number of alkyl halides is 2. The van der Waals surface area contributed by atoms with Gasteiger partial charge in [0.05, 0.1) is 0 Å². The van der Waals surface area contributed by atoms with E-state index >= 15 is 0 Å². The second-order valence-corrected chi connectivity index (χ2v) is 12.7. The molecule has 7 nitrogen and oxygen atoms in total. The molecule has 1 N–H and O–H groups in total. The van der Waals surface area contributed by atoms with Crippen molar-refractivity contribution in [1.29, 1.82) is 0 Å². The predicted octanol–water partition coefficient (Wildman–Crippen LogP) is 7.89. The molecule has 3 aromatic rings. The van der Waals surface area contributed by atoms with E-state index in [0.717, 1.165) is 113 Å². The Bertz CT molecular complexity index is 1360. The molecule has 2 bridgehead atoms. The molecular formula is C31H36F2N4O3. The van der Waals surface area contributed by atoms with E-state index in [1.807, 2.05) is 18.2 Å². The van der Waals surface area contributed by atoms with Gasteiger partial charge in [-0.15, -0.1) is 0 Å². The summed E-state index contributed by atoms with van der Waals surface area (Å²) in [6, 6.07) is 5.65. The molecule has 2 aromatic heterocycles. The van der Waals surface area contributed by atoms with Crippen molar-refractivity contribution >= 4 is 11.6 Å². The largest absolute Gasteiger partial charge is 0.444 e. The molecule has 0 spiro atoms. The Hall–Kier alpha value is -3.10. The zero-order valence-corrected chi connectivity index (χ0v) is 22.8. The van der Waals surface area contributed by atoms with Crippen LogP contribution in [0.5, 0.6) is 0 Å². The van der Waals surface area contributed by atoms with Gasteiger partial charge in [-0.25, -0.2) is 13.8 Å². The van der Waals surface area contributed by atoms with E-state index in [1.165, 1.54) is 6.42 Å². The van der Waals surface area contributed by atoms with Gasteiger partial charge in [0.2, 0.25) is 17.7 Å². The fourth-order valence-electron chi connectivity index (χ4n) is 7.39. The van der Waals surface area contributed by atoms with Gasteiger partial charge < -0.3 is 14.3 Å². The summed E-state index contributed by atoms with van der Waals surface area (Å²) in [5.74, 6) is 2.38. The van der Waals surface area contributed by atoms with Crippen LogP contribution in [-0.4, -0.2) is 21.0 Å². The SMILES string of the molecule is O=C(Nc1cccc(-c2nc(C(F)F)co2)c1CC12CCC(c3nc(C4CC4)no3)(CC1)CC2)C1CCCCC1. The van der Waals surface area contributed by atoms with Gasteiger partial charge in [0.1, 0.15) is 12.0 Å². The van der Waals surface area contributed by atoms with Crippen LogP contribution in [-0.2, 0) is 16.6 Å². The number of aromatic nitrogens is 3. The van der Waals surface area contributed by atoms with Crippen LogP contribution in [0.25, 0.3) is 11.5 Å². The van der Waals surface area contributed by atoms with E-state index in [2.05, 4.69) is 15.5 Å². The summed E-state index contributed by atoms with van der Waals surface area (Å²) in [5.41, 5.74) is 1.97. The topological polar surface area (TPSA) is 94.1 Å². The van der Waals surface area contributed by atoms with E-state index in [-0.39, 0.29) is 34.2 Å². The Morgan fingerprint density at radius 1 is 1.00 bits per heavy atom. The Morgan fingerprint density at radius 2 is 1.75 bits per heavy atom. The highest BCUT2D eigenvalue weighted by Gasteiger charge is 2.52. The Balaban J connectivity index is 1.17. The Morgan fingerprint density at radius 3 is 2.42 bits per heavy atom. The van der Waals surface area contributed by atoms with Gasteiger partial charge in [-0.05, 0) is 93.7 Å².